The van der Waals surface area contributed by atoms with Crippen molar-refractivity contribution in [2.75, 3.05) is 18.1 Å². The molecule has 0 unspecified atom stereocenters. The van der Waals surface area contributed by atoms with Gasteiger partial charge in [-0.15, -0.1) is 0 Å². The number of nitriles is 1. The van der Waals surface area contributed by atoms with Gasteiger partial charge in [-0.05, 0) is 44.2 Å². The van der Waals surface area contributed by atoms with Crippen molar-refractivity contribution in [1.82, 2.24) is 5.32 Å². The Bertz CT molecular complexity index is 1460. The molecule has 0 saturated carbocycles. The maximum atomic E-state index is 13.6. The molecule has 1 aliphatic rings. The highest BCUT2D eigenvalue weighted by molar-refractivity contribution is 6.39. The highest BCUT2D eigenvalue weighted by Gasteiger charge is 2.38. The predicted molar refractivity (Wildman–Crippen MR) is 140 cm³/mol. The lowest BCUT2D eigenvalue weighted by Crippen LogP contribution is -2.54. The third-order valence-corrected chi connectivity index (χ3v) is 5.62. The summed E-state index contributed by atoms with van der Waals surface area (Å²) in [5.74, 6) is -0.540. The maximum Gasteiger partial charge on any atom is 0.336 e. The molecule has 9 heteroatoms. The van der Waals surface area contributed by atoms with Crippen molar-refractivity contribution in [2.45, 2.75) is 20.5 Å². The number of benzene rings is 3. The van der Waals surface area contributed by atoms with Gasteiger partial charge in [0.1, 0.15) is 29.4 Å². The van der Waals surface area contributed by atoms with Crippen LogP contribution in [-0.2, 0) is 16.2 Å². The molecule has 9 nitrogen and oxygen atoms in total. The SMILES string of the molecule is CCOc1ccc(OCC)c(N2C(=O)NC(=O)/C(=C\c3ccccc3OCc3ccccc3C#N)C2=O)c1. The lowest BCUT2D eigenvalue weighted by atomic mass is 10.1. The van der Waals surface area contributed by atoms with E-state index >= 15 is 0 Å². The number of nitrogens with one attached hydrogen (secondary N) is 1. The van der Waals surface area contributed by atoms with Crippen LogP contribution in [0.15, 0.2) is 72.3 Å². The first-order valence-electron chi connectivity index (χ1n) is 12.0. The molecule has 0 bridgehead atoms. The minimum atomic E-state index is -0.899. The lowest BCUT2D eigenvalue weighted by molar-refractivity contribution is -0.122. The number of barbiturate groups is 1. The molecule has 0 aliphatic carbocycles. The molecular formula is C29H25N3O6. The van der Waals surface area contributed by atoms with E-state index in [9.17, 15) is 19.6 Å². The number of para-hydroxylation sites is 1. The van der Waals surface area contributed by atoms with Crippen molar-refractivity contribution in [2.24, 2.45) is 0 Å². The number of rotatable bonds is 9. The fourth-order valence-electron chi connectivity index (χ4n) is 3.88. The van der Waals surface area contributed by atoms with Gasteiger partial charge in [0.15, 0.2) is 0 Å². The minimum Gasteiger partial charge on any atom is -0.494 e. The number of hydrogen-bond acceptors (Lipinski definition) is 7. The van der Waals surface area contributed by atoms with E-state index < -0.39 is 17.8 Å². The number of imide groups is 2. The summed E-state index contributed by atoms with van der Waals surface area (Å²) < 4.78 is 17.1. The molecule has 1 saturated heterocycles. The molecule has 1 heterocycles. The monoisotopic (exact) mass is 511 g/mol. The summed E-state index contributed by atoms with van der Waals surface area (Å²) in [6.07, 6.45) is 1.37. The van der Waals surface area contributed by atoms with Crippen molar-refractivity contribution in [3.63, 3.8) is 0 Å². The first-order valence-corrected chi connectivity index (χ1v) is 12.0. The van der Waals surface area contributed by atoms with E-state index in [2.05, 4.69) is 11.4 Å². The fraction of sp³-hybridized carbons (Fsp3) is 0.172. The van der Waals surface area contributed by atoms with Crippen molar-refractivity contribution in [3.05, 3.63) is 89.0 Å². The third kappa shape index (κ3) is 5.50. The van der Waals surface area contributed by atoms with E-state index in [1.165, 1.54) is 12.1 Å². The van der Waals surface area contributed by atoms with E-state index in [0.29, 0.717) is 41.4 Å². The molecule has 0 atom stereocenters. The molecule has 1 fully saturated rings. The van der Waals surface area contributed by atoms with Crippen LogP contribution in [0.3, 0.4) is 0 Å². The van der Waals surface area contributed by atoms with Gasteiger partial charge in [0.2, 0.25) is 0 Å². The zero-order valence-corrected chi connectivity index (χ0v) is 20.9. The van der Waals surface area contributed by atoms with Crippen LogP contribution in [0.2, 0.25) is 0 Å². The van der Waals surface area contributed by atoms with E-state index in [4.69, 9.17) is 14.2 Å². The Balaban J connectivity index is 1.69. The Kier molecular flexibility index (Phi) is 8.04. The molecule has 0 spiro atoms. The molecule has 4 amide bonds. The summed E-state index contributed by atoms with van der Waals surface area (Å²) in [7, 11) is 0. The van der Waals surface area contributed by atoms with E-state index in [-0.39, 0.29) is 23.6 Å². The van der Waals surface area contributed by atoms with Crippen LogP contribution in [0.4, 0.5) is 10.5 Å². The Morgan fingerprint density at radius 3 is 2.39 bits per heavy atom. The van der Waals surface area contributed by atoms with Crippen LogP contribution in [0.5, 0.6) is 17.2 Å². The molecule has 0 radical (unpaired) electrons. The van der Waals surface area contributed by atoms with Crippen LogP contribution >= 0.6 is 0 Å². The van der Waals surface area contributed by atoms with Crippen molar-refractivity contribution in [3.8, 4) is 23.3 Å². The van der Waals surface area contributed by atoms with Gasteiger partial charge < -0.3 is 14.2 Å². The minimum absolute atomic E-state index is 0.108. The Labute approximate surface area is 219 Å². The summed E-state index contributed by atoms with van der Waals surface area (Å²) in [4.78, 5) is 40.0. The Morgan fingerprint density at radius 2 is 1.63 bits per heavy atom. The number of nitrogens with zero attached hydrogens (tertiary/aromatic N) is 2. The van der Waals surface area contributed by atoms with Crippen LogP contribution in [-0.4, -0.2) is 31.1 Å². The molecule has 38 heavy (non-hydrogen) atoms. The highest BCUT2D eigenvalue weighted by atomic mass is 16.5. The summed E-state index contributed by atoms with van der Waals surface area (Å²) in [6, 6.07) is 19.9. The maximum absolute atomic E-state index is 13.6. The number of anilines is 1. The number of ether oxygens (including phenoxy) is 3. The number of amides is 4. The molecule has 1 N–H and O–H groups in total. The van der Waals surface area contributed by atoms with Crippen LogP contribution in [0.25, 0.3) is 6.08 Å². The summed E-state index contributed by atoms with van der Waals surface area (Å²) in [6.45, 7) is 4.38. The topological polar surface area (TPSA) is 118 Å². The second kappa shape index (κ2) is 11.8. The zero-order chi connectivity index (χ0) is 27.1. The molecule has 1 aliphatic heterocycles. The van der Waals surface area contributed by atoms with Gasteiger partial charge in [0.05, 0.1) is 30.5 Å². The van der Waals surface area contributed by atoms with Gasteiger partial charge in [-0.1, -0.05) is 36.4 Å². The van der Waals surface area contributed by atoms with Crippen molar-refractivity contribution >= 4 is 29.6 Å². The molecule has 4 rings (SSSR count). The molecular weight excluding hydrogens is 486 g/mol. The second-order valence-corrected chi connectivity index (χ2v) is 8.05. The summed E-state index contributed by atoms with van der Waals surface area (Å²) in [5, 5.41) is 11.6. The molecule has 3 aromatic rings. The highest BCUT2D eigenvalue weighted by Crippen LogP contribution is 2.35. The average Bonchev–Trinajstić information content (AvgIpc) is 2.92. The summed E-state index contributed by atoms with van der Waals surface area (Å²) in [5.41, 5.74) is 1.51. The third-order valence-electron chi connectivity index (χ3n) is 5.62. The van der Waals surface area contributed by atoms with Crippen molar-refractivity contribution in [1.29, 1.82) is 5.26 Å². The Hall–Kier alpha value is -5.10. The van der Waals surface area contributed by atoms with Gasteiger partial charge in [-0.3, -0.25) is 14.9 Å². The number of carbonyl (C=O) groups excluding carboxylic acids is 3. The number of hydrogen-bond donors (Lipinski definition) is 1. The van der Waals surface area contributed by atoms with E-state index in [1.807, 2.05) is 6.92 Å². The normalized spacial score (nSPS) is 14.2. The summed E-state index contributed by atoms with van der Waals surface area (Å²) >= 11 is 0. The van der Waals surface area contributed by atoms with Gasteiger partial charge in [-0.25, -0.2) is 9.69 Å². The van der Waals surface area contributed by atoms with E-state index in [1.54, 1.807) is 67.6 Å². The van der Waals surface area contributed by atoms with E-state index in [0.717, 1.165) is 4.90 Å². The molecule has 192 valence electrons. The number of carbonyl (C=O) groups is 3. The van der Waals surface area contributed by atoms with Gasteiger partial charge in [0, 0.05) is 17.2 Å². The number of urea groups is 1. The zero-order valence-electron chi connectivity index (χ0n) is 20.9. The largest absolute Gasteiger partial charge is 0.494 e. The predicted octanol–water partition coefficient (Wildman–Crippen LogP) is 4.60. The first-order chi connectivity index (χ1) is 18.5. The second-order valence-electron chi connectivity index (χ2n) is 8.05. The van der Waals surface area contributed by atoms with Crippen LogP contribution in [0.1, 0.15) is 30.5 Å². The van der Waals surface area contributed by atoms with Crippen LogP contribution < -0.4 is 24.4 Å². The fourth-order valence-corrected chi connectivity index (χ4v) is 3.88. The van der Waals surface area contributed by atoms with Gasteiger partial charge in [-0.2, -0.15) is 5.26 Å². The molecule has 0 aromatic heterocycles. The van der Waals surface area contributed by atoms with Crippen LogP contribution in [0, 0.1) is 11.3 Å². The average molecular weight is 512 g/mol. The standard InChI is InChI=1S/C29H25N3O6/c1-3-36-22-13-14-26(37-4-2)24(16-22)32-28(34)23(27(33)31-29(32)35)15-19-9-7-8-12-25(19)38-18-21-11-6-5-10-20(21)17-30/h5-16H,3-4,18H2,1-2H3,(H,31,33,35)/b23-15+. The Morgan fingerprint density at radius 1 is 0.895 bits per heavy atom. The molecule has 3 aromatic carbocycles. The quantitative estimate of drug-likeness (QED) is 0.329. The smallest absolute Gasteiger partial charge is 0.336 e. The lowest BCUT2D eigenvalue weighted by Gasteiger charge is -2.28. The van der Waals surface area contributed by atoms with Crippen molar-refractivity contribution < 1.29 is 28.6 Å². The van der Waals surface area contributed by atoms with Gasteiger partial charge in [0.25, 0.3) is 11.8 Å². The first kappa shape index (κ1) is 26.0. The van der Waals surface area contributed by atoms with Gasteiger partial charge >= 0.3 is 6.03 Å².